The van der Waals surface area contributed by atoms with Crippen molar-refractivity contribution in [1.29, 1.82) is 0 Å². The number of nitrogens with zero attached hydrogens (tertiary/aromatic N) is 3. The molecule has 0 radical (unpaired) electrons. The predicted octanol–water partition coefficient (Wildman–Crippen LogP) is 0.545. The van der Waals surface area contributed by atoms with Crippen LogP contribution < -0.4 is 5.73 Å². The van der Waals surface area contributed by atoms with Crippen molar-refractivity contribution in [3.05, 3.63) is 11.3 Å². The normalized spacial score (nSPS) is 12.1. The van der Waals surface area contributed by atoms with Gasteiger partial charge < -0.3 is 10.9 Å². The van der Waals surface area contributed by atoms with Gasteiger partial charge in [-0.15, -0.1) is 11.8 Å². The first-order valence-corrected chi connectivity index (χ1v) is 4.89. The molecule has 3 N–H and O–H groups in total. The molecule has 0 amide bonds. The lowest BCUT2D eigenvalue weighted by Gasteiger charge is -2.00. The molecule has 0 unspecified atom stereocenters. The van der Waals surface area contributed by atoms with Gasteiger partial charge in [0.05, 0.1) is 11.3 Å². The predicted molar refractivity (Wildman–Crippen MR) is 52.2 cm³/mol. The van der Waals surface area contributed by atoms with Crippen LogP contribution in [0.4, 0.5) is 0 Å². The van der Waals surface area contributed by atoms with E-state index in [4.69, 9.17) is 10.9 Å². The van der Waals surface area contributed by atoms with Gasteiger partial charge in [-0.05, 0) is 13.2 Å². The van der Waals surface area contributed by atoms with Gasteiger partial charge in [-0.25, -0.2) is 0 Å². The Balaban J connectivity index is 3.33. The third-order valence-corrected chi connectivity index (χ3v) is 2.58. The monoisotopic (exact) mass is 200 g/mol. The van der Waals surface area contributed by atoms with Crippen molar-refractivity contribution in [3.8, 4) is 0 Å². The van der Waals surface area contributed by atoms with E-state index in [0.717, 1.165) is 10.7 Å². The van der Waals surface area contributed by atoms with Crippen LogP contribution in [0.5, 0.6) is 0 Å². The zero-order chi connectivity index (χ0) is 10.0. The first-order valence-electron chi connectivity index (χ1n) is 3.67. The van der Waals surface area contributed by atoms with E-state index in [1.54, 1.807) is 4.68 Å². The summed E-state index contributed by atoms with van der Waals surface area (Å²) in [5, 5.41) is 16.6. The molecule has 1 aromatic rings. The highest BCUT2D eigenvalue weighted by atomic mass is 32.2. The number of rotatable bonds is 2. The molecule has 1 aromatic heterocycles. The minimum Gasteiger partial charge on any atom is -0.409 e. The Bertz CT molecular complexity index is 345. The quantitative estimate of drug-likeness (QED) is 0.240. The van der Waals surface area contributed by atoms with E-state index in [-0.39, 0.29) is 5.84 Å². The second-order valence-electron chi connectivity index (χ2n) is 2.58. The summed E-state index contributed by atoms with van der Waals surface area (Å²) in [6.45, 7) is 1.83. The maximum absolute atomic E-state index is 8.56. The second-order valence-corrected chi connectivity index (χ2v) is 3.37. The average molecular weight is 200 g/mol. The largest absolute Gasteiger partial charge is 0.409 e. The van der Waals surface area contributed by atoms with Crippen molar-refractivity contribution in [2.45, 2.75) is 11.9 Å². The van der Waals surface area contributed by atoms with Crippen molar-refractivity contribution < 1.29 is 5.21 Å². The Morgan fingerprint density at radius 2 is 2.31 bits per heavy atom. The maximum Gasteiger partial charge on any atom is 0.174 e. The summed E-state index contributed by atoms with van der Waals surface area (Å²) in [6.07, 6.45) is 1.92. The van der Waals surface area contributed by atoms with Crippen LogP contribution in [0.1, 0.15) is 11.3 Å². The molecule has 0 aliphatic rings. The molecule has 1 heterocycles. The third-order valence-electron chi connectivity index (χ3n) is 1.73. The number of hydrogen-bond acceptors (Lipinski definition) is 4. The SMILES string of the molecule is CSc1c(C(N)=NO)c(C)nn1C. The minimum atomic E-state index is 0.106. The molecule has 0 saturated carbocycles. The maximum atomic E-state index is 8.56. The number of thioether (sulfide) groups is 1. The molecule has 0 aliphatic heterocycles. The van der Waals surface area contributed by atoms with Crippen molar-refractivity contribution in [3.63, 3.8) is 0 Å². The average Bonchev–Trinajstić information content (AvgIpc) is 2.39. The standard InChI is InChI=1S/C7H12N4OS/c1-4-5(6(8)10-12)7(13-3)11(2)9-4/h12H,1-3H3,(H2,8,10). The number of amidine groups is 1. The zero-order valence-corrected chi connectivity index (χ0v) is 8.59. The molecule has 72 valence electrons. The van der Waals surface area contributed by atoms with Crippen LogP contribution in [0, 0.1) is 6.92 Å². The highest BCUT2D eigenvalue weighted by Gasteiger charge is 2.15. The summed E-state index contributed by atoms with van der Waals surface area (Å²) in [7, 11) is 1.83. The van der Waals surface area contributed by atoms with Gasteiger partial charge in [0.1, 0.15) is 5.03 Å². The lowest BCUT2D eigenvalue weighted by atomic mass is 10.2. The molecule has 0 saturated heterocycles. The Kier molecular flexibility index (Phi) is 2.82. The highest BCUT2D eigenvalue weighted by Crippen LogP contribution is 2.21. The Labute approximate surface area is 80.6 Å². The molecule has 0 atom stereocenters. The van der Waals surface area contributed by atoms with Gasteiger partial charge in [-0.1, -0.05) is 5.16 Å². The summed E-state index contributed by atoms with van der Waals surface area (Å²) in [5.74, 6) is 0.106. The van der Waals surface area contributed by atoms with Crippen LogP contribution in [0.25, 0.3) is 0 Å². The Morgan fingerprint density at radius 1 is 1.69 bits per heavy atom. The van der Waals surface area contributed by atoms with Gasteiger partial charge in [0.15, 0.2) is 5.84 Å². The molecule has 0 fully saturated rings. The molecular weight excluding hydrogens is 188 g/mol. The van der Waals surface area contributed by atoms with E-state index < -0.39 is 0 Å². The molecule has 0 spiro atoms. The molecule has 0 bridgehead atoms. The number of hydrogen-bond donors (Lipinski definition) is 2. The number of oxime groups is 1. The Morgan fingerprint density at radius 3 is 2.77 bits per heavy atom. The van der Waals surface area contributed by atoms with E-state index in [1.165, 1.54) is 11.8 Å². The van der Waals surface area contributed by atoms with Crippen LogP contribution in [0.15, 0.2) is 10.2 Å². The fourth-order valence-corrected chi connectivity index (χ4v) is 1.98. The van der Waals surface area contributed by atoms with Crippen molar-refractivity contribution in [2.24, 2.45) is 17.9 Å². The molecular formula is C7H12N4OS. The first-order chi connectivity index (χ1) is 6.11. The lowest BCUT2D eigenvalue weighted by Crippen LogP contribution is -2.14. The lowest BCUT2D eigenvalue weighted by molar-refractivity contribution is 0.318. The number of aryl methyl sites for hydroxylation is 2. The van der Waals surface area contributed by atoms with E-state index in [1.807, 2.05) is 20.2 Å². The number of aromatic nitrogens is 2. The minimum absolute atomic E-state index is 0.106. The van der Waals surface area contributed by atoms with Crippen LogP contribution in [0.3, 0.4) is 0 Å². The van der Waals surface area contributed by atoms with Crippen LogP contribution >= 0.6 is 11.8 Å². The third kappa shape index (κ3) is 1.62. The topological polar surface area (TPSA) is 76.4 Å². The van der Waals surface area contributed by atoms with E-state index in [2.05, 4.69) is 10.3 Å². The van der Waals surface area contributed by atoms with Crippen molar-refractivity contribution in [1.82, 2.24) is 9.78 Å². The Hall–Kier alpha value is -1.17. The summed E-state index contributed by atoms with van der Waals surface area (Å²) < 4.78 is 1.72. The molecule has 5 nitrogen and oxygen atoms in total. The van der Waals surface area contributed by atoms with Gasteiger partial charge in [0, 0.05) is 7.05 Å². The molecule has 1 rings (SSSR count). The molecule has 6 heteroatoms. The van der Waals surface area contributed by atoms with Gasteiger partial charge >= 0.3 is 0 Å². The van der Waals surface area contributed by atoms with E-state index >= 15 is 0 Å². The van der Waals surface area contributed by atoms with Gasteiger partial charge in [-0.2, -0.15) is 5.10 Å². The molecule has 13 heavy (non-hydrogen) atoms. The smallest absolute Gasteiger partial charge is 0.174 e. The van der Waals surface area contributed by atoms with Crippen LogP contribution in [0.2, 0.25) is 0 Å². The first kappa shape index (κ1) is 9.91. The molecule has 0 aromatic carbocycles. The van der Waals surface area contributed by atoms with Crippen LogP contribution in [-0.2, 0) is 7.05 Å². The van der Waals surface area contributed by atoms with Gasteiger partial charge in [0.2, 0.25) is 0 Å². The van der Waals surface area contributed by atoms with Crippen molar-refractivity contribution in [2.75, 3.05) is 6.26 Å². The molecule has 0 aliphatic carbocycles. The van der Waals surface area contributed by atoms with Crippen LogP contribution in [-0.4, -0.2) is 27.1 Å². The summed E-state index contributed by atoms with van der Waals surface area (Å²) in [6, 6.07) is 0. The highest BCUT2D eigenvalue weighted by molar-refractivity contribution is 7.98. The summed E-state index contributed by atoms with van der Waals surface area (Å²) in [5.41, 5.74) is 6.99. The second kappa shape index (κ2) is 3.69. The van der Waals surface area contributed by atoms with E-state index in [0.29, 0.717) is 5.56 Å². The summed E-state index contributed by atoms with van der Waals surface area (Å²) >= 11 is 1.52. The fourth-order valence-electron chi connectivity index (χ4n) is 1.22. The van der Waals surface area contributed by atoms with Gasteiger partial charge in [-0.3, -0.25) is 4.68 Å². The number of nitrogens with two attached hydrogens (primary N) is 1. The summed E-state index contributed by atoms with van der Waals surface area (Å²) in [4.78, 5) is 0. The zero-order valence-electron chi connectivity index (χ0n) is 7.77. The van der Waals surface area contributed by atoms with E-state index in [9.17, 15) is 0 Å². The van der Waals surface area contributed by atoms with Gasteiger partial charge in [0.25, 0.3) is 0 Å². The fraction of sp³-hybridized carbons (Fsp3) is 0.429. The van der Waals surface area contributed by atoms with Crippen molar-refractivity contribution >= 4 is 17.6 Å².